The van der Waals surface area contributed by atoms with Crippen molar-refractivity contribution in [1.29, 1.82) is 0 Å². The van der Waals surface area contributed by atoms with E-state index in [2.05, 4.69) is 22.9 Å². The van der Waals surface area contributed by atoms with Crippen LogP contribution in [0, 0.1) is 5.92 Å². The van der Waals surface area contributed by atoms with Crippen molar-refractivity contribution in [3.63, 3.8) is 0 Å². The standard InChI is InChI=1S/C14H20N2O2/c1-3-12-5-4-6-13(15-12)10-16-8-7-11(9-16)14(17)18-2/h4-6,11H,3,7-10H2,1-2H3. The molecule has 2 rings (SSSR count). The second-order valence-electron chi connectivity index (χ2n) is 4.72. The van der Waals surface area contributed by atoms with Gasteiger partial charge in [0.2, 0.25) is 0 Å². The van der Waals surface area contributed by atoms with E-state index < -0.39 is 0 Å². The first-order valence-electron chi connectivity index (χ1n) is 6.48. The van der Waals surface area contributed by atoms with Gasteiger partial charge >= 0.3 is 5.97 Å². The summed E-state index contributed by atoms with van der Waals surface area (Å²) in [5.41, 5.74) is 2.20. The fourth-order valence-electron chi connectivity index (χ4n) is 2.38. The maximum absolute atomic E-state index is 11.4. The van der Waals surface area contributed by atoms with Crippen LogP contribution in [0.3, 0.4) is 0 Å². The van der Waals surface area contributed by atoms with Gasteiger partial charge in [0.05, 0.1) is 18.7 Å². The van der Waals surface area contributed by atoms with Gasteiger partial charge in [-0.05, 0) is 31.5 Å². The summed E-state index contributed by atoms with van der Waals surface area (Å²) in [6.07, 6.45) is 1.85. The Morgan fingerprint density at radius 1 is 1.50 bits per heavy atom. The smallest absolute Gasteiger partial charge is 0.310 e. The first kappa shape index (κ1) is 13.0. The maximum atomic E-state index is 11.4. The van der Waals surface area contributed by atoms with Crippen molar-refractivity contribution >= 4 is 5.97 Å². The highest BCUT2D eigenvalue weighted by molar-refractivity contribution is 5.72. The number of hydrogen-bond acceptors (Lipinski definition) is 4. The maximum Gasteiger partial charge on any atom is 0.310 e. The summed E-state index contributed by atoms with van der Waals surface area (Å²) in [5.74, 6) is -0.0582. The molecule has 4 nitrogen and oxygen atoms in total. The van der Waals surface area contributed by atoms with Crippen LogP contribution in [0.5, 0.6) is 0 Å². The summed E-state index contributed by atoms with van der Waals surface area (Å²) in [4.78, 5) is 18.3. The van der Waals surface area contributed by atoms with Gasteiger partial charge < -0.3 is 4.74 Å². The largest absolute Gasteiger partial charge is 0.469 e. The number of ether oxygens (including phenoxy) is 1. The highest BCUT2D eigenvalue weighted by Crippen LogP contribution is 2.19. The Kier molecular flexibility index (Phi) is 4.31. The van der Waals surface area contributed by atoms with Crippen molar-refractivity contribution in [2.24, 2.45) is 5.92 Å². The Hall–Kier alpha value is -1.42. The fourth-order valence-corrected chi connectivity index (χ4v) is 2.38. The molecule has 98 valence electrons. The molecule has 18 heavy (non-hydrogen) atoms. The van der Waals surface area contributed by atoms with Crippen LogP contribution < -0.4 is 0 Å². The van der Waals surface area contributed by atoms with E-state index >= 15 is 0 Å². The molecule has 1 saturated heterocycles. The molecule has 1 unspecified atom stereocenters. The lowest BCUT2D eigenvalue weighted by Crippen LogP contribution is -2.24. The third-order valence-corrected chi connectivity index (χ3v) is 3.42. The number of likely N-dealkylation sites (tertiary alicyclic amines) is 1. The number of hydrogen-bond donors (Lipinski definition) is 0. The molecule has 0 spiro atoms. The van der Waals surface area contributed by atoms with Crippen LogP contribution in [-0.2, 0) is 22.5 Å². The third kappa shape index (κ3) is 3.07. The van der Waals surface area contributed by atoms with Crippen LogP contribution in [0.4, 0.5) is 0 Å². The van der Waals surface area contributed by atoms with E-state index in [4.69, 9.17) is 4.74 Å². The highest BCUT2D eigenvalue weighted by atomic mass is 16.5. The number of esters is 1. The summed E-state index contributed by atoms with van der Waals surface area (Å²) in [7, 11) is 1.46. The Morgan fingerprint density at radius 2 is 2.28 bits per heavy atom. The summed E-state index contributed by atoms with van der Waals surface area (Å²) in [5, 5.41) is 0. The molecule has 0 aliphatic carbocycles. The van der Waals surface area contributed by atoms with Gasteiger partial charge in [0, 0.05) is 18.8 Å². The van der Waals surface area contributed by atoms with Crippen molar-refractivity contribution in [3.05, 3.63) is 29.6 Å². The zero-order valence-corrected chi connectivity index (χ0v) is 11.1. The lowest BCUT2D eigenvalue weighted by atomic mass is 10.1. The van der Waals surface area contributed by atoms with Gasteiger partial charge in [-0.25, -0.2) is 0 Å². The first-order valence-corrected chi connectivity index (χ1v) is 6.48. The molecule has 0 N–H and O–H groups in total. The lowest BCUT2D eigenvalue weighted by Gasteiger charge is -2.15. The SMILES string of the molecule is CCc1cccc(CN2CCC(C(=O)OC)C2)n1. The number of methoxy groups -OCH3 is 1. The van der Waals surface area contributed by atoms with Crippen LogP contribution in [0.1, 0.15) is 24.7 Å². The number of aromatic nitrogens is 1. The van der Waals surface area contributed by atoms with Gasteiger partial charge in [0.15, 0.2) is 0 Å². The van der Waals surface area contributed by atoms with Crippen molar-refractivity contribution in [1.82, 2.24) is 9.88 Å². The van der Waals surface area contributed by atoms with E-state index in [0.717, 1.165) is 43.9 Å². The predicted molar refractivity (Wildman–Crippen MR) is 69.0 cm³/mol. The van der Waals surface area contributed by atoms with Gasteiger partial charge in [-0.2, -0.15) is 0 Å². The monoisotopic (exact) mass is 248 g/mol. The summed E-state index contributed by atoms with van der Waals surface area (Å²) < 4.78 is 4.79. The molecular weight excluding hydrogens is 228 g/mol. The molecule has 0 amide bonds. The van der Waals surface area contributed by atoms with Crippen molar-refractivity contribution in [3.8, 4) is 0 Å². The first-order chi connectivity index (χ1) is 8.72. The topological polar surface area (TPSA) is 42.4 Å². The zero-order valence-electron chi connectivity index (χ0n) is 11.1. The highest BCUT2D eigenvalue weighted by Gasteiger charge is 2.28. The zero-order chi connectivity index (χ0) is 13.0. The number of rotatable bonds is 4. The summed E-state index contributed by atoms with van der Waals surface area (Å²) in [6.45, 7) is 4.65. The van der Waals surface area contributed by atoms with E-state index in [0.29, 0.717) is 0 Å². The van der Waals surface area contributed by atoms with E-state index in [1.54, 1.807) is 0 Å². The van der Waals surface area contributed by atoms with Crippen LogP contribution >= 0.6 is 0 Å². The molecular formula is C14H20N2O2. The van der Waals surface area contributed by atoms with E-state index in [-0.39, 0.29) is 11.9 Å². The minimum absolute atomic E-state index is 0.0318. The molecule has 2 heterocycles. The summed E-state index contributed by atoms with van der Waals surface area (Å²) >= 11 is 0. The Bertz CT molecular complexity index is 420. The molecule has 4 heteroatoms. The molecule has 1 aliphatic heterocycles. The number of aryl methyl sites for hydroxylation is 1. The molecule has 1 aromatic rings. The van der Waals surface area contributed by atoms with Crippen LogP contribution in [0.15, 0.2) is 18.2 Å². The molecule has 1 aromatic heterocycles. The number of pyridine rings is 1. The normalized spacial score (nSPS) is 20.0. The van der Waals surface area contributed by atoms with Gasteiger partial charge in [-0.3, -0.25) is 14.7 Å². The van der Waals surface area contributed by atoms with Gasteiger partial charge in [0.1, 0.15) is 0 Å². The Labute approximate surface area is 108 Å². The van der Waals surface area contributed by atoms with E-state index in [1.165, 1.54) is 7.11 Å². The molecule has 0 bridgehead atoms. The van der Waals surface area contributed by atoms with Gasteiger partial charge in [0.25, 0.3) is 0 Å². The van der Waals surface area contributed by atoms with E-state index in [1.807, 2.05) is 12.1 Å². The van der Waals surface area contributed by atoms with Crippen molar-refractivity contribution in [2.45, 2.75) is 26.3 Å². The second kappa shape index (κ2) is 5.96. The van der Waals surface area contributed by atoms with Crippen molar-refractivity contribution in [2.75, 3.05) is 20.2 Å². The van der Waals surface area contributed by atoms with Crippen LogP contribution in [-0.4, -0.2) is 36.1 Å². The third-order valence-electron chi connectivity index (χ3n) is 3.42. The average molecular weight is 248 g/mol. The number of nitrogens with zero attached hydrogens (tertiary/aromatic N) is 2. The van der Waals surface area contributed by atoms with Crippen LogP contribution in [0.25, 0.3) is 0 Å². The molecule has 1 fully saturated rings. The molecule has 0 radical (unpaired) electrons. The van der Waals surface area contributed by atoms with E-state index in [9.17, 15) is 4.79 Å². The van der Waals surface area contributed by atoms with Crippen LogP contribution in [0.2, 0.25) is 0 Å². The van der Waals surface area contributed by atoms with Gasteiger partial charge in [-0.1, -0.05) is 13.0 Å². The lowest BCUT2D eigenvalue weighted by molar-refractivity contribution is -0.144. The quantitative estimate of drug-likeness (QED) is 0.760. The number of carbonyl (C=O) groups is 1. The minimum Gasteiger partial charge on any atom is -0.469 e. The molecule has 0 saturated carbocycles. The van der Waals surface area contributed by atoms with Gasteiger partial charge in [-0.15, -0.1) is 0 Å². The van der Waals surface area contributed by atoms with Crippen molar-refractivity contribution < 1.29 is 9.53 Å². The second-order valence-corrected chi connectivity index (χ2v) is 4.72. The predicted octanol–water partition coefficient (Wildman–Crippen LogP) is 1.64. The molecule has 0 aromatic carbocycles. The summed E-state index contributed by atoms with van der Waals surface area (Å²) in [6, 6.07) is 6.14. The minimum atomic E-state index is -0.0900. The average Bonchev–Trinajstić information content (AvgIpc) is 2.86. The fraction of sp³-hybridized carbons (Fsp3) is 0.571. The Morgan fingerprint density at radius 3 is 3.00 bits per heavy atom. The molecule has 1 aliphatic rings. The Balaban J connectivity index is 1.92. The molecule has 1 atom stereocenters. The number of carbonyl (C=O) groups excluding carboxylic acids is 1.